The van der Waals surface area contributed by atoms with Crippen LogP contribution in [-0.2, 0) is 11.3 Å². The van der Waals surface area contributed by atoms with E-state index in [1.54, 1.807) is 0 Å². The Kier molecular flexibility index (Phi) is 6.20. The number of carboxylic acids is 1. The fourth-order valence-electron chi connectivity index (χ4n) is 3.02. The molecule has 0 fully saturated rings. The Morgan fingerprint density at radius 2 is 1.63 bits per heavy atom. The summed E-state index contributed by atoms with van der Waals surface area (Å²) >= 11 is 1.33. The Hall–Kier alpha value is -2.72. The molecule has 27 heavy (non-hydrogen) atoms. The standard InChI is InChI=1S/C23H23NO2S/c1-16-10-17(2)12-20(11-16)19-5-3-4-18(13-19)14-24-21-6-8-22(9-7-21)27-15-23(25)26/h3-13,24H,14-15H2,1-2H3,(H,25,26). The summed E-state index contributed by atoms with van der Waals surface area (Å²) in [6.07, 6.45) is 0. The summed E-state index contributed by atoms with van der Waals surface area (Å²) in [5.41, 5.74) is 7.25. The number of nitrogens with one attached hydrogen (secondary N) is 1. The van der Waals surface area contributed by atoms with Gasteiger partial charge in [-0.2, -0.15) is 0 Å². The van der Waals surface area contributed by atoms with E-state index in [1.807, 2.05) is 24.3 Å². The number of thioether (sulfide) groups is 1. The number of carbonyl (C=O) groups is 1. The van der Waals surface area contributed by atoms with Gasteiger partial charge in [-0.15, -0.1) is 11.8 Å². The third-order valence-electron chi connectivity index (χ3n) is 4.20. The number of benzene rings is 3. The van der Waals surface area contributed by atoms with E-state index in [2.05, 4.69) is 61.6 Å². The molecule has 0 heterocycles. The molecule has 0 radical (unpaired) electrons. The number of aryl methyl sites for hydroxylation is 2. The van der Waals surface area contributed by atoms with E-state index >= 15 is 0 Å². The van der Waals surface area contributed by atoms with Gasteiger partial charge in [0.05, 0.1) is 5.75 Å². The zero-order chi connectivity index (χ0) is 19.2. The smallest absolute Gasteiger partial charge is 0.313 e. The molecular formula is C23H23NO2S. The van der Waals surface area contributed by atoms with Crippen molar-refractivity contribution in [3.05, 3.63) is 83.4 Å². The molecule has 3 nitrogen and oxygen atoms in total. The number of hydrogen-bond acceptors (Lipinski definition) is 3. The second-order valence-corrected chi connectivity index (χ2v) is 7.69. The number of hydrogen-bond donors (Lipinski definition) is 2. The highest BCUT2D eigenvalue weighted by molar-refractivity contribution is 8.00. The third-order valence-corrected chi connectivity index (χ3v) is 5.19. The third kappa shape index (κ3) is 5.63. The maximum Gasteiger partial charge on any atom is 0.313 e. The first-order valence-corrected chi connectivity index (χ1v) is 9.84. The number of anilines is 1. The van der Waals surface area contributed by atoms with Crippen molar-refractivity contribution in [2.45, 2.75) is 25.3 Å². The molecule has 138 valence electrons. The highest BCUT2D eigenvalue weighted by Gasteiger charge is 2.03. The van der Waals surface area contributed by atoms with Gasteiger partial charge in [0.25, 0.3) is 0 Å². The van der Waals surface area contributed by atoms with Crippen LogP contribution in [-0.4, -0.2) is 16.8 Å². The predicted octanol–water partition coefficient (Wildman–Crippen LogP) is 5.76. The molecule has 0 saturated heterocycles. The molecule has 3 aromatic rings. The van der Waals surface area contributed by atoms with E-state index in [1.165, 1.54) is 39.6 Å². The number of rotatable bonds is 7. The molecule has 3 rings (SSSR count). The van der Waals surface area contributed by atoms with E-state index in [0.717, 1.165) is 17.1 Å². The Morgan fingerprint density at radius 1 is 0.926 bits per heavy atom. The lowest BCUT2D eigenvalue weighted by atomic mass is 9.99. The molecule has 0 aromatic heterocycles. The van der Waals surface area contributed by atoms with Crippen molar-refractivity contribution in [3.63, 3.8) is 0 Å². The van der Waals surface area contributed by atoms with Crippen molar-refractivity contribution < 1.29 is 9.90 Å². The summed E-state index contributed by atoms with van der Waals surface area (Å²) in [6.45, 7) is 4.99. The summed E-state index contributed by atoms with van der Waals surface area (Å²) in [4.78, 5) is 11.6. The Labute approximate surface area is 164 Å². The molecule has 0 amide bonds. The molecule has 0 atom stereocenters. The topological polar surface area (TPSA) is 49.3 Å². The van der Waals surface area contributed by atoms with Crippen molar-refractivity contribution in [2.24, 2.45) is 0 Å². The molecule has 4 heteroatoms. The first kappa shape index (κ1) is 19.1. The molecule has 0 aliphatic heterocycles. The van der Waals surface area contributed by atoms with Gasteiger partial charge in [0.15, 0.2) is 0 Å². The van der Waals surface area contributed by atoms with E-state index in [0.29, 0.717) is 0 Å². The van der Waals surface area contributed by atoms with E-state index in [-0.39, 0.29) is 5.75 Å². The van der Waals surface area contributed by atoms with Crippen LogP contribution in [0.25, 0.3) is 11.1 Å². The van der Waals surface area contributed by atoms with Gasteiger partial charge in [0, 0.05) is 17.1 Å². The second-order valence-electron chi connectivity index (χ2n) is 6.64. The Bertz CT molecular complexity index is 915. The van der Waals surface area contributed by atoms with Gasteiger partial charge in [0.2, 0.25) is 0 Å². The van der Waals surface area contributed by atoms with E-state index < -0.39 is 5.97 Å². The van der Waals surface area contributed by atoms with Gasteiger partial charge >= 0.3 is 5.97 Å². The summed E-state index contributed by atoms with van der Waals surface area (Å²) in [7, 11) is 0. The molecule has 0 aliphatic carbocycles. The van der Waals surface area contributed by atoms with Crippen LogP contribution < -0.4 is 5.32 Å². The Balaban J connectivity index is 1.65. The zero-order valence-electron chi connectivity index (χ0n) is 15.5. The van der Waals surface area contributed by atoms with Crippen LogP contribution in [0.1, 0.15) is 16.7 Å². The van der Waals surface area contributed by atoms with Crippen LogP contribution in [0.3, 0.4) is 0 Å². The van der Waals surface area contributed by atoms with Crippen LogP contribution in [0.5, 0.6) is 0 Å². The minimum atomic E-state index is -0.800. The summed E-state index contributed by atoms with van der Waals surface area (Å²) < 4.78 is 0. The van der Waals surface area contributed by atoms with Gasteiger partial charge in [-0.1, -0.05) is 47.5 Å². The van der Waals surface area contributed by atoms with E-state index in [4.69, 9.17) is 5.11 Å². The monoisotopic (exact) mass is 377 g/mol. The predicted molar refractivity (Wildman–Crippen MR) is 113 cm³/mol. The minimum absolute atomic E-state index is 0.0814. The number of aliphatic carboxylic acids is 1. The SMILES string of the molecule is Cc1cc(C)cc(-c2cccc(CNc3ccc(SCC(=O)O)cc3)c2)c1. The van der Waals surface area contributed by atoms with Crippen LogP contribution in [0.2, 0.25) is 0 Å². The molecular weight excluding hydrogens is 354 g/mol. The van der Waals surface area contributed by atoms with Crippen molar-refractivity contribution in [2.75, 3.05) is 11.1 Å². The Morgan fingerprint density at radius 3 is 2.30 bits per heavy atom. The minimum Gasteiger partial charge on any atom is -0.481 e. The first-order chi connectivity index (χ1) is 13.0. The lowest BCUT2D eigenvalue weighted by Crippen LogP contribution is -2.00. The van der Waals surface area contributed by atoms with Gasteiger partial charge < -0.3 is 10.4 Å². The van der Waals surface area contributed by atoms with Crippen molar-refractivity contribution >= 4 is 23.4 Å². The first-order valence-electron chi connectivity index (χ1n) is 8.86. The largest absolute Gasteiger partial charge is 0.481 e. The number of carboxylic acid groups (broad SMARTS) is 1. The van der Waals surface area contributed by atoms with Gasteiger partial charge in [0.1, 0.15) is 0 Å². The molecule has 0 saturated carbocycles. The molecule has 0 unspecified atom stereocenters. The average molecular weight is 378 g/mol. The van der Waals surface area contributed by atoms with Crippen molar-refractivity contribution in [1.29, 1.82) is 0 Å². The zero-order valence-corrected chi connectivity index (χ0v) is 16.3. The molecule has 3 aromatic carbocycles. The van der Waals surface area contributed by atoms with Crippen LogP contribution >= 0.6 is 11.8 Å². The van der Waals surface area contributed by atoms with E-state index in [9.17, 15) is 4.79 Å². The van der Waals surface area contributed by atoms with Crippen LogP contribution in [0.4, 0.5) is 5.69 Å². The van der Waals surface area contributed by atoms with Crippen LogP contribution in [0.15, 0.2) is 71.6 Å². The lowest BCUT2D eigenvalue weighted by molar-refractivity contribution is -0.133. The molecule has 0 bridgehead atoms. The van der Waals surface area contributed by atoms with Crippen molar-refractivity contribution in [3.8, 4) is 11.1 Å². The highest BCUT2D eigenvalue weighted by atomic mass is 32.2. The fourth-order valence-corrected chi connectivity index (χ4v) is 3.64. The van der Waals surface area contributed by atoms with Crippen LogP contribution in [0, 0.1) is 13.8 Å². The van der Waals surface area contributed by atoms with Gasteiger partial charge in [-0.3, -0.25) is 4.79 Å². The van der Waals surface area contributed by atoms with Crippen molar-refractivity contribution in [1.82, 2.24) is 0 Å². The molecule has 0 spiro atoms. The molecule has 0 aliphatic rings. The highest BCUT2D eigenvalue weighted by Crippen LogP contribution is 2.24. The fraction of sp³-hybridized carbons (Fsp3) is 0.174. The lowest BCUT2D eigenvalue weighted by Gasteiger charge is -2.10. The summed E-state index contributed by atoms with van der Waals surface area (Å²) in [6, 6.07) is 23.1. The maximum atomic E-state index is 10.6. The summed E-state index contributed by atoms with van der Waals surface area (Å²) in [5, 5.41) is 12.2. The normalized spacial score (nSPS) is 10.6. The quantitative estimate of drug-likeness (QED) is 0.514. The second kappa shape index (κ2) is 8.78. The summed E-state index contributed by atoms with van der Waals surface area (Å²) in [5.74, 6) is -0.719. The van der Waals surface area contributed by atoms with Gasteiger partial charge in [-0.05, 0) is 60.9 Å². The maximum absolute atomic E-state index is 10.6. The average Bonchev–Trinajstić information content (AvgIpc) is 2.65. The van der Waals surface area contributed by atoms with Gasteiger partial charge in [-0.25, -0.2) is 0 Å². The molecule has 2 N–H and O–H groups in total.